The van der Waals surface area contributed by atoms with Gasteiger partial charge in [-0.2, -0.15) is 5.10 Å². The average molecular weight is 341 g/mol. The van der Waals surface area contributed by atoms with E-state index in [0.717, 1.165) is 30.6 Å². The lowest BCUT2D eigenvalue weighted by Gasteiger charge is -2.32. The molecule has 0 N–H and O–H groups in total. The first-order chi connectivity index (χ1) is 12.2. The average Bonchev–Trinajstić information content (AvgIpc) is 2.65. The lowest BCUT2D eigenvalue weighted by atomic mass is 10.1. The van der Waals surface area contributed by atoms with Gasteiger partial charge in [0.2, 0.25) is 11.8 Å². The Morgan fingerprint density at radius 1 is 1.20 bits per heavy atom. The summed E-state index contributed by atoms with van der Waals surface area (Å²) in [5, 5.41) is 8.02. The first kappa shape index (κ1) is 17.4. The van der Waals surface area contributed by atoms with E-state index in [0.29, 0.717) is 19.0 Å². The second kappa shape index (κ2) is 8.58. The van der Waals surface area contributed by atoms with Crippen molar-refractivity contribution >= 4 is 5.91 Å². The van der Waals surface area contributed by atoms with Crippen LogP contribution in [0.3, 0.4) is 0 Å². The minimum Gasteiger partial charge on any atom is -0.471 e. The van der Waals surface area contributed by atoms with Crippen molar-refractivity contribution in [1.82, 2.24) is 15.1 Å². The fourth-order valence-electron chi connectivity index (χ4n) is 2.80. The van der Waals surface area contributed by atoms with Crippen LogP contribution in [-0.2, 0) is 16.1 Å². The molecule has 2 heterocycles. The minimum absolute atomic E-state index is 0.000721. The van der Waals surface area contributed by atoms with Gasteiger partial charge < -0.3 is 14.4 Å². The van der Waals surface area contributed by atoms with Crippen molar-refractivity contribution in [3.8, 4) is 5.88 Å². The van der Waals surface area contributed by atoms with E-state index in [2.05, 4.69) is 10.2 Å². The van der Waals surface area contributed by atoms with E-state index in [1.165, 1.54) is 0 Å². The Morgan fingerprint density at radius 2 is 2.04 bits per heavy atom. The topological polar surface area (TPSA) is 64.5 Å². The van der Waals surface area contributed by atoms with Crippen LogP contribution in [0, 0.1) is 6.92 Å². The van der Waals surface area contributed by atoms with Gasteiger partial charge in [0.05, 0.1) is 18.8 Å². The van der Waals surface area contributed by atoms with Crippen molar-refractivity contribution in [2.75, 3.05) is 19.7 Å². The standard InChI is InChI=1S/C19H23N3O3/c1-15-9-10-18(21-20-15)25-17-8-5-11-22(12-17)19(23)14-24-13-16-6-3-2-4-7-16/h2-4,6-7,9-10,17H,5,8,11-14H2,1H3/t17-/m0/s1. The molecule has 6 nitrogen and oxygen atoms in total. The fraction of sp³-hybridized carbons (Fsp3) is 0.421. The highest BCUT2D eigenvalue weighted by atomic mass is 16.5. The Bertz CT molecular complexity index is 676. The van der Waals surface area contributed by atoms with Crippen molar-refractivity contribution in [3.63, 3.8) is 0 Å². The van der Waals surface area contributed by atoms with Gasteiger partial charge >= 0.3 is 0 Å². The lowest BCUT2D eigenvalue weighted by molar-refractivity contribution is -0.139. The molecule has 1 fully saturated rings. The van der Waals surface area contributed by atoms with E-state index >= 15 is 0 Å². The van der Waals surface area contributed by atoms with E-state index in [-0.39, 0.29) is 18.6 Å². The van der Waals surface area contributed by atoms with Crippen molar-refractivity contribution < 1.29 is 14.3 Å². The number of hydrogen-bond donors (Lipinski definition) is 0. The summed E-state index contributed by atoms with van der Waals surface area (Å²) in [4.78, 5) is 14.2. The molecular weight excluding hydrogens is 318 g/mol. The van der Waals surface area contributed by atoms with Crippen molar-refractivity contribution in [3.05, 3.63) is 53.7 Å². The molecule has 1 aliphatic rings. The quantitative estimate of drug-likeness (QED) is 0.807. The highest BCUT2D eigenvalue weighted by molar-refractivity contribution is 5.77. The van der Waals surface area contributed by atoms with Crippen LogP contribution in [-0.4, -0.2) is 46.8 Å². The van der Waals surface area contributed by atoms with E-state index in [4.69, 9.17) is 9.47 Å². The Labute approximate surface area is 147 Å². The molecule has 0 saturated carbocycles. The molecule has 1 atom stereocenters. The summed E-state index contributed by atoms with van der Waals surface area (Å²) in [6.45, 7) is 3.72. The van der Waals surface area contributed by atoms with E-state index < -0.39 is 0 Å². The van der Waals surface area contributed by atoms with Gasteiger partial charge in [-0.3, -0.25) is 4.79 Å². The third-order valence-electron chi connectivity index (χ3n) is 4.13. The molecule has 1 saturated heterocycles. The predicted octanol–water partition coefficient (Wildman–Crippen LogP) is 2.37. The highest BCUT2D eigenvalue weighted by Gasteiger charge is 2.25. The van der Waals surface area contributed by atoms with E-state index in [9.17, 15) is 4.79 Å². The molecule has 0 unspecified atom stereocenters. The second-order valence-electron chi connectivity index (χ2n) is 6.21. The van der Waals surface area contributed by atoms with E-state index in [1.807, 2.05) is 49.4 Å². The maximum Gasteiger partial charge on any atom is 0.248 e. The maximum absolute atomic E-state index is 12.3. The van der Waals surface area contributed by atoms with Crippen molar-refractivity contribution in [2.24, 2.45) is 0 Å². The molecule has 0 aliphatic carbocycles. The third kappa shape index (κ3) is 5.26. The Balaban J connectivity index is 1.45. The number of amides is 1. The number of carbonyl (C=O) groups excluding carboxylic acids is 1. The molecule has 2 aromatic rings. The zero-order valence-corrected chi connectivity index (χ0v) is 14.4. The molecule has 0 spiro atoms. The summed E-state index contributed by atoms with van der Waals surface area (Å²) in [6.07, 6.45) is 1.77. The van der Waals surface area contributed by atoms with Gasteiger partial charge in [0.1, 0.15) is 12.7 Å². The van der Waals surface area contributed by atoms with Gasteiger partial charge in [0.15, 0.2) is 0 Å². The van der Waals surface area contributed by atoms with Crippen molar-refractivity contribution in [1.29, 1.82) is 0 Å². The summed E-state index contributed by atoms with van der Waals surface area (Å²) in [5.74, 6) is 0.504. The molecule has 6 heteroatoms. The number of aromatic nitrogens is 2. The normalized spacial score (nSPS) is 17.3. The van der Waals surface area contributed by atoms with Crippen LogP contribution in [0.5, 0.6) is 5.88 Å². The highest BCUT2D eigenvalue weighted by Crippen LogP contribution is 2.16. The molecule has 1 amide bonds. The summed E-state index contributed by atoms with van der Waals surface area (Å²) < 4.78 is 11.4. The number of hydrogen-bond acceptors (Lipinski definition) is 5. The smallest absolute Gasteiger partial charge is 0.248 e. The molecular formula is C19H23N3O3. The molecule has 25 heavy (non-hydrogen) atoms. The zero-order chi connectivity index (χ0) is 17.5. The number of carbonyl (C=O) groups is 1. The van der Waals surface area contributed by atoms with Gasteiger partial charge in [-0.25, -0.2) is 0 Å². The van der Waals surface area contributed by atoms with Crippen LogP contribution in [0.15, 0.2) is 42.5 Å². The van der Waals surface area contributed by atoms with Gasteiger partial charge in [0.25, 0.3) is 0 Å². The van der Waals surface area contributed by atoms with Crippen LogP contribution in [0.4, 0.5) is 0 Å². The number of nitrogens with zero attached hydrogens (tertiary/aromatic N) is 3. The second-order valence-corrected chi connectivity index (χ2v) is 6.21. The molecule has 132 valence electrons. The Morgan fingerprint density at radius 3 is 2.80 bits per heavy atom. The number of aryl methyl sites for hydroxylation is 1. The number of ether oxygens (including phenoxy) is 2. The zero-order valence-electron chi connectivity index (χ0n) is 14.4. The molecule has 1 aliphatic heterocycles. The van der Waals surface area contributed by atoms with Crippen molar-refractivity contribution in [2.45, 2.75) is 32.5 Å². The molecule has 1 aromatic carbocycles. The van der Waals surface area contributed by atoms with Gasteiger partial charge in [-0.05, 0) is 31.4 Å². The summed E-state index contributed by atoms with van der Waals surface area (Å²) in [5.41, 5.74) is 1.91. The number of benzene rings is 1. The predicted molar refractivity (Wildman–Crippen MR) is 93.1 cm³/mol. The van der Waals surface area contributed by atoms with Gasteiger partial charge in [-0.15, -0.1) is 5.10 Å². The third-order valence-corrected chi connectivity index (χ3v) is 4.13. The molecule has 1 aromatic heterocycles. The minimum atomic E-state index is -0.0520. The molecule has 0 radical (unpaired) electrons. The van der Waals surface area contributed by atoms with Gasteiger partial charge in [0, 0.05) is 12.6 Å². The van der Waals surface area contributed by atoms with Crippen LogP contribution in [0.25, 0.3) is 0 Å². The van der Waals surface area contributed by atoms with Gasteiger partial charge in [-0.1, -0.05) is 30.3 Å². The lowest BCUT2D eigenvalue weighted by Crippen LogP contribution is -2.45. The van der Waals surface area contributed by atoms with Crippen LogP contribution >= 0.6 is 0 Å². The van der Waals surface area contributed by atoms with Crippen LogP contribution in [0.1, 0.15) is 24.1 Å². The monoisotopic (exact) mass is 341 g/mol. The van der Waals surface area contributed by atoms with E-state index in [1.54, 1.807) is 4.90 Å². The number of rotatable bonds is 6. The number of likely N-dealkylation sites (tertiary alicyclic amines) is 1. The molecule has 3 rings (SSSR count). The number of piperidine rings is 1. The largest absolute Gasteiger partial charge is 0.471 e. The summed E-state index contributed by atoms with van der Waals surface area (Å²) in [7, 11) is 0. The Hall–Kier alpha value is -2.47. The fourth-order valence-corrected chi connectivity index (χ4v) is 2.80. The van der Waals surface area contributed by atoms with Crippen LogP contribution in [0.2, 0.25) is 0 Å². The Kier molecular flexibility index (Phi) is 5.95. The maximum atomic E-state index is 12.3. The van der Waals surface area contributed by atoms with Crippen LogP contribution < -0.4 is 4.74 Å². The first-order valence-electron chi connectivity index (χ1n) is 8.57. The first-order valence-corrected chi connectivity index (χ1v) is 8.57. The molecule has 0 bridgehead atoms. The SMILES string of the molecule is Cc1ccc(O[C@H]2CCCN(C(=O)COCc3ccccc3)C2)nn1. The summed E-state index contributed by atoms with van der Waals surface area (Å²) in [6, 6.07) is 13.5. The summed E-state index contributed by atoms with van der Waals surface area (Å²) >= 11 is 0.